The van der Waals surface area contributed by atoms with Crippen molar-refractivity contribution in [3.63, 3.8) is 0 Å². The molecule has 2 amide bonds. The number of carbonyl (C=O) groups excluding carboxylic acids is 2. The second-order valence-corrected chi connectivity index (χ2v) is 8.31. The van der Waals surface area contributed by atoms with Crippen LogP contribution < -0.4 is 0 Å². The highest BCUT2D eigenvalue weighted by molar-refractivity contribution is 5.95. The van der Waals surface area contributed by atoms with Gasteiger partial charge in [-0.2, -0.15) is 0 Å². The van der Waals surface area contributed by atoms with Crippen LogP contribution in [0, 0.1) is 5.92 Å². The molecule has 4 rings (SSSR count). The van der Waals surface area contributed by atoms with Gasteiger partial charge in [-0.15, -0.1) is 0 Å². The molecule has 0 unspecified atom stereocenters. The van der Waals surface area contributed by atoms with Crippen molar-refractivity contribution in [2.45, 2.75) is 38.5 Å². The van der Waals surface area contributed by atoms with Crippen LogP contribution in [-0.4, -0.2) is 47.8 Å². The van der Waals surface area contributed by atoms with E-state index in [0.717, 1.165) is 23.5 Å². The van der Waals surface area contributed by atoms with Crippen LogP contribution in [0.4, 0.5) is 0 Å². The standard InChI is InChI=1S/C25H30N2O2/c28-24(15-10-20-6-4-5-7-20)26-16-18-27(19-17-26)25(29)23-13-11-22(12-14-23)21-8-2-1-3-9-21/h1-3,8-9,11-14,20H,4-7,10,15-19H2. The fourth-order valence-corrected chi connectivity index (χ4v) is 4.56. The van der Waals surface area contributed by atoms with E-state index < -0.39 is 0 Å². The summed E-state index contributed by atoms with van der Waals surface area (Å²) in [5.41, 5.74) is 2.97. The third-order valence-electron chi connectivity index (χ3n) is 6.40. The van der Waals surface area contributed by atoms with Crippen LogP contribution in [0.15, 0.2) is 54.6 Å². The highest BCUT2D eigenvalue weighted by Gasteiger charge is 2.25. The lowest BCUT2D eigenvalue weighted by atomic mass is 10.0. The van der Waals surface area contributed by atoms with Gasteiger partial charge in [0.1, 0.15) is 0 Å². The summed E-state index contributed by atoms with van der Waals surface area (Å²) in [7, 11) is 0. The number of amides is 2. The topological polar surface area (TPSA) is 40.6 Å². The number of carbonyl (C=O) groups is 2. The molecule has 1 aliphatic heterocycles. The SMILES string of the molecule is O=C(CCC1CCCC1)N1CCN(C(=O)c2ccc(-c3ccccc3)cc2)CC1. The van der Waals surface area contributed by atoms with Gasteiger partial charge in [0.15, 0.2) is 0 Å². The maximum Gasteiger partial charge on any atom is 0.253 e. The lowest BCUT2D eigenvalue weighted by Crippen LogP contribution is -2.50. The zero-order chi connectivity index (χ0) is 20.1. The second-order valence-electron chi connectivity index (χ2n) is 8.31. The first-order chi connectivity index (χ1) is 14.2. The summed E-state index contributed by atoms with van der Waals surface area (Å²) in [4.78, 5) is 29.2. The Morgan fingerprint density at radius 2 is 1.34 bits per heavy atom. The molecule has 2 aliphatic rings. The predicted molar refractivity (Wildman–Crippen MR) is 116 cm³/mol. The van der Waals surface area contributed by atoms with Gasteiger partial charge in [-0.3, -0.25) is 9.59 Å². The molecule has 0 bridgehead atoms. The molecule has 0 atom stereocenters. The van der Waals surface area contributed by atoms with Crippen molar-refractivity contribution in [2.75, 3.05) is 26.2 Å². The molecule has 1 saturated carbocycles. The molecular weight excluding hydrogens is 360 g/mol. The molecule has 2 aromatic carbocycles. The molecule has 4 nitrogen and oxygen atoms in total. The van der Waals surface area contributed by atoms with E-state index in [0.29, 0.717) is 38.2 Å². The third kappa shape index (κ3) is 4.87. The Labute approximate surface area is 173 Å². The maximum absolute atomic E-state index is 12.8. The van der Waals surface area contributed by atoms with Crippen molar-refractivity contribution >= 4 is 11.8 Å². The van der Waals surface area contributed by atoms with E-state index >= 15 is 0 Å². The average molecular weight is 391 g/mol. The minimum Gasteiger partial charge on any atom is -0.339 e. The van der Waals surface area contributed by atoms with Gasteiger partial charge in [0.25, 0.3) is 5.91 Å². The zero-order valence-electron chi connectivity index (χ0n) is 17.1. The van der Waals surface area contributed by atoms with E-state index in [-0.39, 0.29) is 11.8 Å². The van der Waals surface area contributed by atoms with Gasteiger partial charge in [0.05, 0.1) is 0 Å². The van der Waals surface area contributed by atoms with Crippen molar-refractivity contribution in [3.05, 3.63) is 60.2 Å². The van der Waals surface area contributed by atoms with Crippen molar-refractivity contribution in [3.8, 4) is 11.1 Å². The normalized spacial score (nSPS) is 17.5. The van der Waals surface area contributed by atoms with Crippen LogP contribution in [0.3, 0.4) is 0 Å². The molecule has 4 heteroatoms. The highest BCUT2D eigenvalue weighted by atomic mass is 16.2. The Morgan fingerprint density at radius 1 is 0.759 bits per heavy atom. The molecule has 1 heterocycles. The van der Waals surface area contributed by atoms with Crippen LogP contribution in [-0.2, 0) is 4.79 Å². The summed E-state index contributed by atoms with van der Waals surface area (Å²) < 4.78 is 0. The van der Waals surface area contributed by atoms with Gasteiger partial charge < -0.3 is 9.80 Å². The minimum atomic E-state index is 0.0580. The van der Waals surface area contributed by atoms with Crippen molar-refractivity contribution in [1.82, 2.24) is 9.80 Å². The van der Waals surface area contributed by atoms with Crippen LogP contribution in [0.2, 0.25) is 0 Å². The number of hydrogen-bond donors (Lipinski definition) is 0. The monoisotopic (exact) mass is 390 g/mol. The van der Waals surface area contributed by atoms with Crippen molar-refractivity contribution < 1.29 is 9.59 Å². The summed E-state index contributed by atoms with van der Waals surface area (Å²) in [6.45, 7) is 2.54. The first-order valence-electron chi connectivity index (χ1n) is 10.9. The molecule has 29 heavy (non-hydrogen) atoms. The number of hydrogen-bond acceptors (Lipinski definition) is 2. The number of rotatable bonds is 5. The fourth-order valence-electron chi connectivity index (χ4n) is 4.56. The lowest BCUT2D eigenvalue weighted by molar-refractivity contribution is -0.133. The van der Waals surface area contributed by atoms with Gasteiger partial charge in [-0.25, -0.2) is 0 Å². The Morgan fingerprint density at radius 3 is 2.00 bits per heavy atom. The molecule has 1 saturated heterocycles. The predicted octanol–water partition coefficient (Wildman–Crippen LogP) is 4.61. The highest BCUT2D eigenvalue weighted by Crippen LogP contribution is 2.28. The second kappa shape index (κ2) is 9.25. The minimum absolute atomic E-state index is 0.0580. The first kappa shape index (κ1) is 19.7. The number of piperazine rings is 1. The Hall–Kier alpha value is -2.62. The summed E-state index contributed by atoms with van der Waals surface area (Å²) in [5, 5.41) is 0. The number of benzene rings is 2. The van der Waals surface area contributed by atoms with E-state index in [2.05, 4.69) is 12.1 Å². The van der Waals surface area contributed by atoms with Gasteiger partial charge in [-0.1, -0.05) is 68.1 Å². The molecule has 0 radical (unpaired) electrons. The van der Waals surface area contributed by atoms with Crippen molar-refractivity contribution in [2.24, 2.45) is 5.92 Å². The van der Waals surface area contributed by atoms with Gasteiger partial charge in [-0.05, 0) is 35.6 Å². The molecule has 0 spiro atoms. The molecule has 0 N–H and O–H groups in total. The van der Waals surface area contributed by atoms with E-state index in [4.69, 9.17) is 0 Å². The molecule has 0 aromatic heterocycles. The van der Waals surface area contributed by atoms with E-state index in [1.807, 2.05) is 52.3 Å². The summed E-state index contributed by atoms with van der Waals surface area (Å²) >= 11 is 0. The van der Waals surface area contributed by atoms with E-state index in [1.165, 1.54) is 25.7 Å². The largest absolute Gasteiger partial charge is 0.339 e. The Balaban J connectivity index is 1.28. The van der Waals surface area contributed by atoms with Crippen LogP contribution in [0.25, 0.3) is 11.1 Å². The van der Waals surface area contributed by atoms with Crippen molar-refractivity contribution in [1.29, 1.82) is 0 Å². The van der Waals surface area contributed by atoms with Gasteiger partial charge in [0, 0.05) is 38.2 Å². The fraction of sp³-hybridized carbons (Fsp3) is 0.440. The average Bonchev–Trinajstić information content (AvgIpc) is 3.31. The summed E-state index contributed by atoms with van der Waals surface area (Å²) in [6, 6.07) is 18.0. The summed E-state index contributed by atoms with van der Waals surface area (Å²) in [5.74, 6) is 1.07. The van der Waals surface area contributed by atoms with Crippen LogP contribution in [0.5, 0.6) is 0 Å². The van der Waals surface area contributed by atoms with Crippen LogP contribution in [0.1, 0.15) is 48.9 Å². The molecular formula is C25H30N2O2. The molecule has 1 aliphatic carbocycles. The maximum atomic E-state index is 12.8. The molecule has 2 aromatic rings. The lowest BCUT2D eigenvalue weighted by Gasteiger charge is -2.35. The zero-order valence-corrected chi connectivity index (χ0v) is 17.1. The number of nitrogens with zero attached hydrogens (tertiary/aromatic N) is 2. The van der Waals surface area contributed by atoms with Gasteiger partial charge >= 0.3 is 0 Å². The quantitative estimate of drug-likeness (QED) is 0.748. The molecule has 152 valence electrons. The van der Waals surface area contributed by atoms with Gasteiger partial charge in [0.2, 0.25) is 5.91 Å². The molecule has 2 fully saturated rings. The van der Waals surface area contributed by atoms with Crippen LogP contribution >= 0.6 is 0 Å². The van der Waals surface area contributed by atoms with E-state index in [1.54, 1.807) is 0 Å². The Bertz CT molecular complexity index is 818. The third-order valence-corrected chi connectivity index (χ3v) is 6.40. The van der Waals surface area contributed by atoms with E-state index in [9.17, 15) is 9.59 Å². The smallest absolute Gasteiger partial charge is 0.253 e. The summed E-state index contributed by atoms with van der Waals surface area (Å²) in [6.07, 6.45) is 6.93. The first-order valence-corrected chi connectivity index (χ1v) is 10.9. The Kier molecular flexibility index (Phi) is 6.28.